The third kappa shape index (κ3) is 4.35. The Morgan fingerprint density at radius 2 is 1.97 bits per heavy atom. The summed E-state index contributed by atoms with van der Waals surface area (Å²) in [5.41, 5.74) is 2.18. The van der Waals surface area contributed by atoms with Gasteiger partial charge < -0.3 is 19.7 Å². The number of anilines is 1. The summed E-state index contributed by atoms with van der Waals surface area (Å²) in [5.74, 6) is 0.523. The first-order valence-corrected chi connectivity index (χ1v) is 10.8. The summed E-state index contributed by atoms with van der Waals surface area (Å²) in [5, 5.41) is 13.8. The number of benzene rings is 1. The molecule has 3 aromatic heterocycles. The fourth-order valence-electron chi connectivity index (χ4n) is 4.14. The van der Waals surface area contributed by atoms with Crippen molar-refractivity contribution in [2.24, 2.45) is 0 Å². The van der Waals surface area contributed by atoms with Crippen molar-refractivity contribution in [3.8, 4) is 11.3 Å². The van der Waals surface area contributed by atoms with Crippen LogP contribution in [0, 0.1) is 0 Å². The van der Waals surface area contributed by atoms with Gasteiger partial charge in [0.2, 0.25) is 5.95 Å². The number of para-hydroxylation sites is 1. The zero-order valence-corrected chi connectivity index (χ0v) is 17.8. The summed E-state index contributed by atoms with van der Waals surface area (Å²) in [7, 11) is 0. The fraction of sp³-hybridized carbons (Fsp3) is 0.250. The molecule has 1 aromatic carbocycles. The number of carbonyl (C=O) groups is 1. The molecule has 33 heavy (non-hydrogen) atoms. The third-order valence-corrected chi connectivity index (χ3v) is 5.81. The smallest absolute Gasteiger partial charge is 0.416 e. The Labute approximate surface area is 189 Å². The molecule has 0 saturated carbocycles. The molecule has 0 unspecified atom stereocenters. The molecule has 1 aliphatic heterocycles. The molecule has 5 rings (SSSR count). The van der Waals surface area contributed by atoms with Gasteiger partial charge in [0.1, 0.15) is 0 Å². The van der Waals surface area contributed by atoms with Crippen molar-refractivity contribution in [1.29, 1.82) is 0 Å². The highest BCUT2D eigenvalue weighted by Crippen LogP contribution is 2.21. The van der Waals surface area contributed by atoms with Crippen LogP contribution in [0.2, 0.25) is 0 Å². The van der Waals surface area contributed by atoms with Crippen molar-refractivity contribution in [2.75, 3.05) is 18.5 Å². The van der Waals surface area contributed by atoms with Crippen LogP contribution >= 0.6 is 0 Å². The van der Waals surface area contributed by atoms with E-state index in [0.717, 1.165) is 31.4 Å². The van der Waals surface area contributed by atoms with Crippen molar-refractivity contribution in [1.82, 2.24) is 19.1 Å². The minimum Gasteiger partial charge on any atom is -0.464 e. The van der Waals surface area contributed by atoms with Crippen molar-refractivity contribution in [3.05, 3.63) is 77.0 Å². The summed E-state index contributed by atoms with van der Waals surface area (Å²) in [6.07, 6.45) is 4.05. The van der Waals surface area contributed by atoms with Gasteiger partial charge in [-0.05, 0) is 37.1 Å². The minimum absolute atomic E-state index is 0.139. The zero-order chi connectivity index (χ0) is 22.8. The second-order valence-corrected chi connectivity index (χ2v) is 7.99. The molecular formula is C24H23N5O4. The van der Waals surface area contributed by atoms with E-state index in [1.165, 1.54) is 15.2 Å². The van der Waals surface area contributed by atoms with Crippen molar-refractivity contribution < 1.29 is 14.6 Å². The molecule has 1 fully saturated rings. The van der Waals surface area contributed by atoms with E-state index in [9.17, 15) is 14.7 Å². The van der Waals surface area contributed by atoms with Crippen LogP contribution in [0.5, 0.6) is 0 Å². The number of aromatic nitrogens is 4. The molecule has 1 aliphatic rings. The highest BCUT2D eigenvalue weighted by Gasteiger charge is 2.16. The highest BCUT2D eigenvalue weighted by molar-refractivity contribution is 5.90. The number of hydrogen-bond donors (Lipinski definition) is 2. The quantitative estimate of drug-likeness (QED) is 0.484. The molecule has 168 valence electrons. The summed E-state index contributed by atoms with van der Waals surface area (Å²) >= 11 is 0. The van der Waals surface area contributed by atoms with Gasteiger partial charge in [0.15, 0.2) is 0 Å². The van der Waals surface area contributed by atoms with Crippen LogP contribution in [-0.2, 0) is 11.3 Å². The number of pyridine rings is 1. The van der Waals surface area contributed by atoms with Gasteiger partial charge in [-0.25, -0.2) is 19.3 Å². The first-order chi connectivity index (χ1) is 16.1. The molecule has 4 heterocycles. The van der Waals surface area contributed by atoms with Gasteiger partial charge in [0.25, 0.3) is 5.56 Å². The molecular weight excluding hydrogens is 422 g/mol. The summed E-state index contributed by atoms with van der Waals surface area (Å²) in [4.78, 5) is 33.5. The Kier molecular flexibility index (Phi) is 5.62. The van der Waals surface area contributed by atoms with E-state index in [-0.39, 0.29) is 18.1 Å². The number of fused-ring (bicyclic) bond motifs is 1. The molecule has 0 radical (unpaired) electrons. The molecule has 0 atom stereocenters. The Bertz CT molecular complexity index is 1370. The lowest BCUT2D eigenvalue weighted by molar-refractivity contribution is 0.0903. The average Bonchev–Trinajstić information content (AvgIpc) is 3.19. The van der Waals surface area contributed by atoms with Gasteiger partial charge in [-0.1, -0.05) is 18.2 Å². The maximum atomic E-state index is 12.8. The Hall–Kier alpha value is -3.98. The van der Waals surface area contributed by atoms with Crippen LogP contribution in [0.15, 0.2) is 65.7 Å². The van der Waals surface area contributed by atoms with Crippen LogP contribution in [0.4, 0.5) is 10.7 Å². The number of nitrogens with zero attached hydrogens (tertiary/aromatic N) is 4. The minimum atomic E-state index is -1.08. The van der Waals surface area contributed by atoms with Crippen molar-refractivity contribution in [3.63, 3.8) is 0 Å². The second-order valence-electron chi connectivity index (χ2n) is 7.99. The Balaban J connectivity index is 1.40. The first-order valence-electron chi connectivity index (χ1n) is 10.8. The lowest BCUT2D eigenvalue weighted by Gasteiger charge is -2.23. The predicted octanol–water partition coefficient (Wildman–Crippen LogP) is 3.43. The normalized spacial score (nSPS) is 14.4. The summed E-state index contributed by atoms with van der Waals surface area (Å²) < 4.78 is 8.09. The fourth-order valence-corrected chi connectivity index (χ4v) is 4.14. The van der Waals surface area contributed by atoms with Crippen LogP contribution in [-0.4, -0.2) is 49.6 Å². The largest absolute Gasteiger partial charge is 0.464 e. The van der Waals surface area contributed by atoms with E-state index in [1.54, 1.807) is 42.7 Å². The molecule has 9 nitrogen and oxygen atoms in total. The third-order valence-electron chi connectivity index (χ3n) is 5.81. The number of nitrogens with one attached hydrogen (secondary N) is 1. The van der Waals surface area contributed by atoms with Gasteiger partial charge in [0.05, 0.1) is 17.8 Å². The molecule has 0 amide bonds. The van der Waals surface area contributed by atoms with E-state index in [0.29, 0.717) is 28.4 Å². The van der Waals surface area contributed by atoms with Gasteiger partial charge in [0, 0.05) is 54.4 Å². The Morgan fingerprint density at radius 1 is 1.15 bits per heavy atom. The SMILES string of the molecule is O=C(O)n1c(Cn2ccc(-c3ccnc(NC4CCOCC4)n3)cc2=O)cc2ccccc21. The number of ether oxygens (including phenoxy) is 1. The van der Waals surface area contributed by atoms with Crippen LogP contribution in [0.1, 0.15) is 18.5 Å². The number of rotatable bonds is 5. The zero-order valence-electron chi connectivity index (χ0n) is 17.8. The maximum absolute atomic E-state index is 12.8. The van der Waals surface area contributed by atoms with Crippen LogP contribution < -0.4 is 10.9 Å². The van der Waals surface area contributed by atoms with Gasteiger partial charge >= 0.3 is 6.09 Å². The van der Waals surface area contributed by atoms with E-state index in [2.05, 4.69) is 15.3 Å². The molecule has 2 N–H and O–H groups in total. The van der Waals surface area contributed by atoms with Crippen LogP contribution in [0.25, 0.3) is 22.2 Å². The maximum Gasteiger partial charge on any atom is 0.416 e. The second kappa shape index (κ2) is 8.87. The van der Waals surface area contributed by atoms with E-state index in [4.69, 9.17) is 4.74 Å². The Morgan fingerprint density at radius 3 is 2.76 bits per heavy atom. The standard InChI is InChI=1S/C24H23N5O4/c30-22-14-16(20-5-9-25-23(27-20)26-18-7-11-33-12-8-18)6-10-28(22)15-19-13-17-3-1-2-4-21(17)29(19)24(31)32/h1-6,9-10,13-14,18H,7-8,11-12,15H2,(H,31,32)(H,25,26,27). The predicted molar refractivity (Wildman–Crippen MR) is 124 cm³/mol. The summed E-state index contributed by atoms with van der Waals surface area (Å²) in [6.45, 7) is 1.58. The number of hydrogen-bond acceptors (Lipinski definition) is 6. The highest BCUT2D eigenvalue weighted by atomic mass is 16.5. The monoisotopic (exact) mass is 445 g/mol. The summed E-state index contributed by atoms with van der Waals surface area (Å²) in [6, 6.07) is 14.4. The van der Waals surface area contributed by atoms with Crippen molar-refractivity contribution in [2.45, 2.75) is 25.4 Å². The van der Waals surface area contributed by atoms with Gasteiger partial charge in [-0.15, -0.1) is 0 Å². The van der Waals surface area contributed by atoms with E-state index in [1.807, 2.05) is 12.1 Å². The number of carboxylic acid groups (broad SMARTS) is 1. The molecule has 9 heteroatoms. The van der Waals surface area contributed by atoms with E-state index >= 15 is 0 Å². The van der Waals surface area contributed by atoms with Gasteiger partial charge in [-0.2, -0.15) is 0 Å². The van der Waals surface area contributed by atoms with Crippen molar-refractivity contribution >= 4 is 22.9 Å². The molecule has 1 saturated heterocycles. The molecule has 0 spiro atoms. The molecule has 0 aliphatic carbocycles. The lowest BCUT2D eigenvalue weighted by atomic mass is 10.1. The molecule has 4 aromatic rings. The average molecular weight is 445 g/mol. The van der Waals surface area contributed by atoms with Crippen LogP contribution in [0.3, 0.4) is 0 Å². The van der Waals surface area contributed by atoms with E-state index < -0.39 is 6.09 Å². The topological polar surface area (TPSA) is 111 Å². The molecule has 0 bridgehead atoms. The van der Waals surface area contributed by atoms with Gasteiger partial charge in [-0.3, -0.25) is 4.79 Å². The lowest BCUT2D eigenvalue weighted by Crippen LogP contribution is -2.28. The first kappa shape index (κ1) is 20.9.